The molecule has 0 saturated carbocycles. The Morgan fingerprint density at radius 2 is 1.87 bits per heavy atom. The van der Waals surface area contributed by atoms with Crippen LogP contribution in [-0.2, 0) is 14.8 Å². The lowest BCUT2D eigenvalue weighted by molar-refractivity contribution is -0.121. The average Bonchev–Trinajstić information content (AvgIpc) is 3.20. The van der Waals surface area contributed by atoms with Gasteiger partial charge in [0, 0.05) is 54.7 Å². The van der Waals surface area contributed by atoms with Crippen molar-refractivity contribution in [2.75, 3.05) is 31.5 Å². The van der Waals surface area contributed by atoms with Gasteiger partial charge in [-0.2, -0.15) is 4.31 Å². The molecule has 1 fully saturated rings. The molecule has 2 N–H and O–H groups in total. The van der Waals surface area contributed by atoms with E-state index in [0.29, 0.717) is 47.9 Å². The molecule has 1 saturated heterocycles. The summed E-state index contributed by atoms with van der Waals surface area (Å²) in [7, 11) is -3.64. The SMILES string of the molecule is CC(C(=O)Nc1ccc(Cl)cc1)N1CCN(S(=O)(=O)c2c[nH]c3ncccc23)CC1. The van der Waals surface area contributed by atoms with Crippen LogP contribution in [0.15, 0.2) is 53.7 Å². The Balaban J connectivity index is 1.40. The molecular formula is C20H22ClN5O3S. The molecule has 0 aliphatic carbocycles. The summed E-state index contributed by atoms with van der Waals surface area (Å²) in [5.74, 6) is -0.142. The first-order chi connectivity index (χ1) is 14.4. The third-order valence-electron chi connectivity index (χ3n) is 5.34. The third kappa shape index (κ3) is 4.06. The Kier molecular flexibility index (Phi) is 5.79. The number of piperazine rings is 1. The third-order valence-corrected chi connectivity index (χ3v) is 7.53. The van der Waals surface area contributed by atoms with Gasteiger partial charge < -0.3 is 10.3 Å². The van der Waals surface area contributed by atoms with Crippen molar-refractivity contribution in [1.82, 2.24) is 19.2 Å². The normalized spacial score (nSPS) is 17.1. The molecular weight excluding hydrogens is 426 g/mol. The van der Waals surface area contributed by atoms with E-state index in [1.165, 1.54) is 10.5 Å². The summed E-state index contributed by atoms with van der Waals surface area (Å²) in [4.78, 5) is 21.9. The van der Waals surface area contributed by atoms with Gasteiger partial charge in [0.15, 0.2) is 0 Å². The van der Waals surface area contributed by atoms with Gasteiger partial charge in [-0.25, -0.2) is 13.4 Å². The molecule has 0 radical (unpaired) electrons. The van der Waals surface area contributed by atoms with Crippen molar-refractivity contribution < 1.29 is 13.2 Å². The summed E-state index contributed by atoms with van der Waals surface area (Å²) in [6.45, 7) is 3.38. The number of carbonyl (C=O) groups is 1. The van der Waals surface area contributed by atoms with Crippen molar-refractivity contribution in [2.24, 2.45) is 0 Å². The number of H-pyrrole nitrogens is 1. The molecule has 158 valence electrons. The van der Waals surface area contributed by atoms with E-state index in [2.05, 4.69) is 15.3 Å². The first-order valence-electron chi connectivity index (χ1n) is 9.59. The predicted octanol–water partition coefficient (Wildman–Crippen LogP) is 2.55. The van der Waals surface area contributed by atoms with Gasteiger partial charge >= 0.3 is 0 Å². The van der Waals surface area contributed by atoms with Crippen molar-refractivity contribution in [2.45, 2.75) is 17.9 Å². The van der Waals surface area contributed by atoms with Gasteiger partial charge in [0.1, 0.15) is 10.5 Å². The van der Waals surface area contributed by atoms with Gasteiger partial charge in [0.2, 0.25) is 15.9 Å². The van der Waals surface area contributed by atoms with E-state index in [0.717, 1.165) is 0 Å². The highest BCUT2D eigenvalue weighted by molar-refractivity contribution is 7.89. The summed E-state index contributed by atoms with van der Waals surface area (Å²) in [6.07, 6.45) is 3.10. The highest BCUT2D eigenvalue weighted by Gasteiger charge is 2.33. The fraction of sp³-hybridized carbons (Fsp3) is 0.300. The second-order valence-electron chi connectivity index (χ2n) is 7.16. The fourth-order valence-corrected chi connectivity index (χ4v) is 5.26. The highest BCUT2D eigenvalue weighted by Crippen LogP contribution is 2.25. The number of hydrogen-bond acceptors (Lipinski definition) is 5. The largest absolute Gasteiger partial charge is 0.345 e. The van der Waals surface area contributed by atoms with Crippen LogP contribution in [0.25, 0.3) is 11.0 Å². The number of nitrogens with zero attached hydrogens (tertiary/aromatic N) is 3. The summed E-state index contributed by atoms with van der Waals surface area (Å²) < 4.78 is 27.7. The molecule has 4 rings (SSSR count). The number of hydrogen-bond donors (Lipinski definition) is 2. The number of amides is 1. The molecule has 2 aromatic heterocycles. The standard InChI is InChI=1S/C20H22ClN5O3S/c1-14(20(27)24-16-6-4-15(21)5-7-16)25-9-11-26(12-10-25)30(28,29)18-13-23-19-17(18)3-2-8-22-19/h2-8,13-14H,9-12H2,1H3,(H,22,23)(H,24,27). The summed E-state index contributed by atoms with van der Waals surface area (Å²) >= 11 is 5.87. The zero-order valence-corrected chi connectivity index (χ0v) is 17.9. The molecule has 1 unspecified atom stereocenters. The number of nitrogens with one attached hydrogen (secondary N) is 2. The topological polar surface area (TPSA) is 98.4 Å². The number of sulfonamides is 1. The Bertz CT molecular complexity index is 1150. The summed E-state index contributed by atoms with van der Waals surface area (Å²) in [5.41, 5.74) is 1.22. The van der Waals surface area contributed by atoms with E-state index in [-0.39, 0.29) is 16.8 Å². The van der Waals surface area contributed by atoms with Gasteiger partial charge in [0.25, 0.3) is 0 Å². The van der Waals surface area contributed by atoms with Gasteiger partial charge in [-0.15, -0.1) is 0 Å². The predicted molar refractivity (Wildman–Crippen MR) is 116 cm³/mol. The van der Waals surface area contributed by atoms with Crippen LogP contribution in [0, 0.1) is 0 Å². The lowest BCUT2D eigenvalue weighted by Crippen LogP contribution is -2.53. The molecule has 30 heavy (non-hydrogen) atoms. The second kappa shape index (κ2) is 8.35. The number of halogens is 1. The van der Waals surface area contributed by atoms with E-state index in [1.807, 2.05) is 11.8 Å². The molecule has 0 spiro atoms. The van der Waals surface area contributed by atoms with Gasteiger partial charge in [-0.3, -0.25) is 9.69 Å². The van der Waals surface area contributed by atoms with Crippen molar-refractivity contribution >= 4 is 44.3 Å². The van der Waals surface area contributed by atoms with E-state index >= 15 is 0 Å². The minimum absolute atomic E-state index is 0.142. The van der Waals surface area contributed by atoms with Gasteiger partial charge in [-0.1, -0.05) is 11.6 Å². The van der Waals surface area contributed by atoms with E-state index in [4.69, 9.17) is 11.6 Å². The van der Waals surface area contributed by atoms with Crippen molar-refractivity contribution in [1.29, 1.82) is 0 Å². The molecule has 1 aliphatic rings. The maximum atomic E-state index is 13.1. The lowest BCUT2D eigenvalue weighted by Gasteiger charge is -2.36. The van der Waals surface area contributed by atoms with Crippen LogP contribution < -0.4 is 5.32 Å². The molecule has 1 aliphatic heterocycles. The number of aromatic amines is 1. The van der Waals surface area contributed by atoms with Crippen LogP contribution >= 0.6 is 11.6 Å². The monoisotopic (exact) mass is 447 g/mol. The first-order valence-corrected chi connectivity index (χ1v) is 11.4. The van der Waals surface area contributed by atoms with Gasteiger partial charge in [-0.05, 0) is 43.3 Å². The number of carbonyl (C=O) groups excluding carboxylic acids is 1. The first kappa shape index (κ1) is 20.8. The van der Waals surface area contributed by atoms with E-state index in [9.17, 15) is 13.2 Å². The van der Waals surface area contributed by atoms with Crippen LogP contribution in [0.4, 0.5) is 5.69 Å². The zero-order valence-electron chi connectivity index (χ0n) is 16.4. The van der Waals surface area contributed by atoms with E-state index < -0.39 is 10.0 Å². The summed E-state index contributed by atoms with van der Waals surface area (Å²) in [6, 6.07) is 9.99. The minimum atomic E-state index is -3.64. The minimum Gasteiger partial charge on any atom is -0.345 e. The smallest absolute Gasteiger partial charge is 0.245 e. The molecule has 10 heteroatoms. The molecule has 1 atom stereocenters. The average molecular weight is 448 g/mol. The number of anilines is 1. The highest BCUT2D eigenvalue weighted by atomic mass is 35.5. The van der Waals surface area contributed by atoms with Crippen LogP contribution in [-0.4, -0.2) is 65.7 Å². The number of benzene rings is 1. The quantitative estimate of drug-likeness (QED) is 0.626. The van der Waals surface area contributed by atoms with Crippen molar-refractivity contribution in [3.05, 3.63) is 53.8 Å². The fourth-order valence-electron chi connectivity index (χ4n) is 3.56. The second-order valence-corrected chi connectivity index (χ2v) is 9.51. The Hall–Kier alpha value is -2.46. The van der Waals surface area contributed by atoms with Crippen LogP contribution in [0.2, 0.25) is 5.02 Å². The maximum absolute atomic E-state index is 13.1. The Labute approximate surface area is 179 Å². The molecule has 8 nitrogen and oxygen atoms in total. The van der Waals surface area contributed by atoms with Crippen LogP contribution in [0.1, 0.15) is 6.92 Å². The zero-order chi connectivity index (χ0) is 21.3. The Morgan fingerprint density at radius 3 is 2.57 bits per heavy atom. The van der Waals surface area contributed by atoms with Gasteiger partial charge in [0.05, 0.1) is 6.04 Å². The molecule has 0 bridgehead atoms. The molecule has 3 aromatic rings. The number of fused-ring (bicyclic) bond motifs is 1. The van der Waals surface area contributed by atoms with Crippen molar-refractivity contribution in [3.8, 4) is 0 Å². The maximum Gasteiger partial charge on any atom is 0.245 e. The molecule has 3 heterocycles. The Morgan fingerprint density at radius 1 is 1.17 bits per heavy atom. The lowest BCUT2D eigenvalue weighted by atomic mass is 10.2. The van der Waals surface area contributed by atoms with Crippen molar-refractivity contribution in [3.63, 3.8) is 0 Å². The molecule has 1 amide bonds. The van der Waals surface area contributed by atoms with Crippen LogP contribution in [0.3, 0.4) is 0 Å². The number of pyridine rings is 1. The number of aromatic nitrogens is 2. The summed E-state index contributed by atoms with van der Waals surface area (Å²) in [5, 5.41) is 4.05. The van der Waals surface area contributed by atoms with Crippen LogP contribution in [0.5, 0.6) is 0 Å². The van der Waals surface area contributed by atoms with E-state index in [1.54, 1.807) is 42.6 Å². The molecule has 1 aromatic carbocycles. The number of rotatable bonds is 5.